The molecule has 0 aliphatic heterocycles. The molecule has 0 spiro atoms. The van der Waals surface area contributed by atoms with Crippen LogP contribution < -0.4 is 27.9 Å². The van der Waals surface area contributed by atoms with Crippen molar-refractivity contribution in [1.82, 2.24) is 0 Å². The molecule has 9 N–H and O–H groups in total. The first kappa shape index (κ1) is 36.5. The molecule has 0 saturated heterocycles. The summed E-state index contributed by atoms with van der Waals surface area (Å²) in [5.41, 5.74) is 14.6. The first-order valence-corrected chi connectivity index (χ1v) is 15.5. The lowest BCUT2D eigenvalue weighted by molar-refractivity contribution is -0.117. The van der Waals surface area contributed by atoms with Crippen LogP contribution in [0.1, 0.15) is 24.8 Å². The van der Waals surface area contributed by atoms with Crippen molar-refractivity contribution in [2.45, 2.75) is 32.2 Å². The predicted molar refractivity (Wildman–Crippen MR) is 151 cm³/mol. The van der Waals surface area contributed by atoms with Crippen LogP contribution in [-0.2, 0) is 25.0 Å². The first-order chi connectivity index (χ1) is 19.1. The lowest BCUT2D eigenvalue weighted by Gasteiger charge is -2.13. The number of unbranched alkanes of at least 4 members (excludes halogenated alkanes) is 1. The fraction of sp³-hybridized carbons (Fsp3) is 0.333. The van der Waals surface area contributed by atoms with Crippen LogP contribution in [-0.4, -0.2) is 56.9 Å². The van der Waals surface area contributed by atoms with E-state index < -0.39 is 77.3 Å². The van der Waals surface area contributed by atoms with Crippen LogP contribution in [0.2, 0.25) is 0 Å². The Labute approximate surface area is 239 Å². The number of hydrogen-bond donors (Lipinski definition) is 6. The number of benzene rings is 2. The quantitative estimate of drug-likeness (QED) is 0.124. The van der Waals surface area contributed by atoms with Crippen LogP contribution in [0.15, 0.2) is 33.5 Å². The van der Waals surface area contributed by atoms with Gasteiger partial charge in [-0.15, -0.1) is 0 Å². The van der Waals surface area contributed by atoms with Crippen molar-refractivity contribution in [3.63, 3.8) is 0 Å². The molecule has 0 aliphatic rings. The third-order valence-corrected chi connectivity index (χ3v) is 5.13. The van der Waals surface area contributed by atoms with Gasteiger partial charge in [0.25, 0.3) is 20.2 Å². The number of anilines is 2. The van der Waals surface area contributed by atoms with E-state index in [4.69, 9.17) is 30.7 Å². The van der Waals surface area contributed by atoms with Gasteiger partial charge in [0.15, 0.2) is 22.6 Å². The Balaban J connectivity index is 0.000000759. The maximum absolute atomic E-state index is 14.6. The third-order valence-electron chi connectivity index (χ3n) is 5.13. The van der Waals surface area contributed by atoms with Crippen molar-refractivity contribution in [1.29, 1.82) is 0 Å². The minimum absolute atomic E-state index is 0.103. The highest BCUT2D eigenvalue weighted by Gasteiger charge is 2.21. The van der Waals surface area contributed by atoms with Crippen LogP contribution in [0, 0.1) is 24.4 Å². The number of nitrogens with one attached hydrogen (secondary N) is 1. The smallest absolute Gasteiger partial charge is 0.261 e. The molecule has 0 radical (unpaired) electrons. The van der Waals surface area contributed by atoms with E-state index in [9.17, 15) is 39.6 Å². The molecule has 1 amide bonds. The molecule has 0 aliphatic carbocycles. The summed E-state index contributed by atoms with van der Waals surface area (Å²) in [7, 11) is -7.33. The fourth-order valence-corrected chi connectivity index (χ4v) is 3.26. The molecule has 1 heterocycles. The number of carbonyl (C=O) groups excluding carboxylic acids is 1. The van der Waals surface area contributed by atoms with Crippen molar-refractivity contribution in [2.24, 2.45) is 11.5 Å². The topological polar surface area (TPSA) is 246 Å². The van der Waals surface area contributed by atoms with Crippen LogP contribution in [0.5, 0.6) is 0 Å². The largest absolute Gasteiger partial charge is 0.453 e. The summed E-state index contributed by atoms with van der Waals surface area (Å²) in [6.07, 6.45) is 3.22. The molecular weight excluding hydrogens is 609 g/mol. The van der Waals surface area contributed by atoms with Gasteiger partial charge in [0.1, 0.15) is 11.6 Å². The number of nitrogen functional groups attached to an aromatic ring is 1. The molecule has 1 atom stereocenters. The Hall–Kier alpha value is -3.55. The first-order valence-electron chi connectivity index (χ1n) is 11.8. The van der Waals surface area contributed by atoms with Gasteiger partial charge in [-0.2, -0.15) is 16.8 Å². The second kappa shape index (κ2) is 15.1. The molecule has 13 nitrogen and oxygen atoms in total. The number of halogens is 3. The van der Waals surface area contributed by atoms with Crippen LogP contribution in [0.25, 0.3) is 22.3 Å². The Kier molecular flexibility index (Phi) is 13.1. The lowest BCUT2D eigenvalue weighted by Crippen LogP contribution is -2.35. The van der Waals surface area contributed by atoms with E-state index in [0.29, 0.717) is 31.9 Å². The molecule has 3 aromatic rings. The van der Waals surface area contributed by atoms with Gasteiger partial charge in [-0.25, -0.2) is 13.2 Å². The average Bonchev–Trinajstić information content (AvgIpc) is 2.85. The zero-order valence-corrected chi connectivity index (χ0v) is 24.3. The van der Waals surface area contributed by atoms with Crippen molar-refractivity contribution < 1.29 is 48.3 Å². The molecular formula is C24H31F3N4O9S2. The monoisotopic (exact) mass is 640 g/mol. The van der Waals surface area contributed by atoms with E-state index in [2.05, 4.69) is 5.32 Å². The van der Waals surface area contributed by atoms with Crippen LogP contribution >= 0.6 is 0 Å². The van der Waals surface area contributed by atoms with E-state index >= 15 is 0 Å². The van der Waals surface area contributed by atoms with Gasteiger partial charge in [-0.1, -0.05) is 6.42 Å². The molecule has 2 aromatic carbocycles. The zero-order chi connectivity index (χ0) is 32.6. The van der Waals surface area contributed by atoms with E-state index in [1.807, 2.05) is 0 Å². The minimum Gasteiger partial charge on any atom is -0.453 e. The number of amides is 1. The van der Waals surface area contributed by atoms with Crippen molar-refractivity contribution in [2.75, 3.05) is 30.1 Å². The molecule has 18 heteroatoms. The van der Waals surface area contributed by atoms with E-state index in [1.165, 1.54) is 12.1 Å². The van der Waals surface area contributed by atoms with E-state index in [-0.39, 0.29) is 17.0 Å². The summed E-state index contributed by atoms with van der Waals surface area (Å²) < 4.78 is 100. The maximum atomic E-state index is 14.6. The van der Waals surface area contributed by atoms with Gasteiger partial charge in [0.2, 0.25) is 5.91 Å². The summed E-state index contributed by atoms with van der Waals surface area (Å²) in [4.78, 5) is 24.6. The van der Waals surface area contributed by atoms with Gasteiger partial charge in [-0.3, -0.25) is 18.7 Å². The van der Waals surface area contributed by atoms with Gasteiger partial charge in [-0.05, 0) is 44.5 Å². The van der Waals surface area contributed by atoms with Crippen molar-refractivity contribution in [3.8, 4) is 11.3 Å². The Morgan fingerprint density at radius 3 is 2.07 bits per heavy atom. The summed E-state index contributed by atoms with van der Waals surface area (Å²) in [5, 5.41) is 1.98. The highest BCUT2D eigenvalue weighted by molar-refractivity contribution is 7.85. The SMILES string of the molecule is CS(=O)(=O)O.CS(=O)(=O)O.Cc1c(F)c(N)c2c(=O)cc(-c3ccc(NC(=O)[C@@H](N)CCCCN)c(F)c3)oc2c1F. The fourth-order valence-electron chi connectivity index (χ4n) is 3.26. The molecule has 0 fully saturated rings. The molecule has 1 aromatic heterocycles. The van der Waals surface area contributed by atoms with E-state index in [0.717, 1.165) is 25.5 Å². The standard InChI is InChI=1S/C22H23F3N4O3.2CH4O3S/c1-10-18(24)20(28)17-15(30)9-16(32-21(17)19(10)25)11-5-6-14(12(23)8-11)29-22(31)13(27)4-2-3-7-26;2*1-5(2,3)4/h5-6,8-9,13H,2-4,7,26-28H2,1H3,(H,29,31);2*1H3,(H,2,3,4)/t13-;;/m0../s1. The Morgan fingerprint density at radius 1 is 1.02 bits per heavy atom. The minimum atomic E-state index is -3.67. The number of rotatable bonds is 7. The van der Waals surface area contributed by atoms with Gasteiger partial charge in [0.05, 0.1) is 35.3 Å². The molecule has 3 rings (SSSR count). The maximum Gasteiger partial charge on any atom is 0.261 e. The van der Waals surface area contributed by atoms with Crippen LogP contribution in [0.3, 0.4) is 0 Å². The summed E-state index contributed by atoms with van der Waals surface area (Å²) >= 11 is 0. The van der Waals surface area contributed by atoms with Gasteiger partial charge >= 0.3 is 0 Å². The number of hydrogen-bond acceptors (Lipinski definition) is 10. The molecule has 42 heavy (non-hydrogen) atoms. The normalized spacial score (nSPS) is 12.0. The number of fused-ring (bicyclic) bond motifs is 1. The molecule has 234 valence electrons. The molecule has 0 saturated carbocycles. The number of nitrogens with two attached hydrogens (primary N) is 3. The van der Waals surface area contributed by atoms with Crippen molar-refractivity contribution >= 4 is 48.5 Å². The Morgan fingerprint density at radius 2 is 1.57 bits per heavy atom. The van der Waals surface area contributed by atoms with Gasteiger partial charge in [0, 0.05) is 17.2 Å². The highest BCUT2D eigenvalue weighted by atomic mass is 32.2. The third kappa shape index (κ3) is 11.7. The predicted octanol–water partition coefficient (Wildman–Crippen LogP) is 2.17. The highest BCUT2D eigenvalue weighted by Crippen LogP contribution is 2.32. The van der Waals surface area contributed by atoms with Crippen LogP contribution in [0.4, 0.5) is 24.5 Å². The van der Waals surface area contributed by atoms with E-state index in [1.54, 1.807) is 0 Å². The Bertz CT molecular complexity index is 1670. The summed E-state index contributed by atoms with van der Waals surface area (Å²) in [6.45, 7) is 1.64. The van der Waals surface area contributed by atoms with Gasteiger partial charge < -0.3 is 26.9 Å². The average molecular weight is 641 g/mol. The lowest BCUT2D eigenvalue weighted by atomic mass is 10.1. The molecule has 0 bridgehead atoms. The second-order valence-corrected chi connectivity index (χ2v) is 11.8. The molecule has 0 unspecified atom stereocenters. The summed E-state index contributed by atoms with van der Waals surface area (Å²) in [5.74, 6) is -3.63. The second-order valence-electron chi connectivity index (χ2n) is 8.89. The zero-order valence-electron chi connectivity index (χ0n) is 22.6. The summed E-state index contributed by atoms with van der Waals surface area (Å²) in [6, 6.07) is 3.79. The van der Waals surface area contributed by atoms with Crippen molar-refractivity contribution in [3.05, 3.63) is 57.5 Å². The number of carbonyl (C=O) groups is 1.